The van der Waals surface area contributed by atoms with Crippen molar-refractivity contribution >= 4 is 11.9 Å². The smallest absolute Gasteiger partial charge is 0.310 e. The normalized spacial score (nSPS) is 15.7. The van der Waals surface area contributed by atoms with Crippen LogP contribution in [0.4, 0.5) is 0 Å². The van der Waals surface area contributed by atoms with Crippen LogP contribution in [-0.4, -0.2) is 44.1 Å². The van der Waals surface area contributed by atoms with Crippen LogP contribution < -0.4 is 9.47 Å². The van der Waals surface area contributed by atoms with E-state index in [-0.39, 0.29) is 25.0 Å². The maximum absolute atomic E-state index is 12.8. The minimum atomic E-state index is -0.402. The fourth-order valence-electron chi connectivity index (χ4n) is 3.84. The Kier molecular flexibility index (Phi) is 6.98. The summed E-state index contributed by atoms with van der Waals surface area (Å²) in [4.78, 5) is 26.8. The van der Waals surface area contributed by atoms with Crippen molar-refractivity contribution in [3.63, 3.8) is 0 Å². The molecule has 2 aromatic carbocycles. The number of amides is 1. The second-order valence-corrected chi connectivity index (χ2v) is 7.61. The quantitative estimate of drug-likeness (QED) is 0.649. The summed E-state index contributed by atoms with van der Waals surface area (Å²) in [5.41, 5.74) is 4.10. The molecule has 1 amide bonds. The van der Waals surface area contributed by atoms with E-state index in [1.807, 2.05) is 50.2 Å². The summed E-state index contributed by atoms with van der Waals surface area (Å²) in [5.74, 6) is 0.828. The van der Waals surface area contributed by atoms with Gasteiger partial charge in [-0.05, 0) is 61.6 Å². The summed E-state index contributed by atoms with van der Waals surface area (Å²) in [6.07, 6.45) is 1.86. The summed E-state index contributed by atoms with van der Waals surface area (Å²) < 4.78 is 16.1. The van der Waals surface area contributed by atoms with Crippen LogP contribution in [0.2, 0.25) is 0 Å². The molecule has 1 aliphatic rings. The third-order valence-electron chi connectivity index (χ3n) is 5.65. The van der Waals surface area contributed by atoms with Gasteiger partial charge in [0.05, 0.1) is 26.7 Å². The number of hydrogen-bond donors (Lipinski definition) is 0. The molecule has 2 aromatic rings. The van der Waals surface area contributed by atoms with Gasteiger partial charge in [0.2, 0.25) is 0 Å². The Hall–Kier alpha value is -3.02. The summed E-state index contributed by atoms with van der Waals surface area (Å²) in [5, 5.41) is 0. The third-order valence-corrected chi connectivity index (χ3v) is 5.65. The molecule has 3 rings (SSSR count). The molecule has 1 fully saturated rings. The molecule has 0 saturated carbocycles. The van der Waals surface area contributed by atoms with E-state index in [4.69, 9.17) is 14.2 Å². The van der Waals surface area contributed by atoms with E-state index >= 15 is 0 Å². The van der Waals surface area contributed by atoms with Crippen molar-refractivity contribution in [1.82, 2.24) is 4.90 Å². The predicted octanol–water partition coefficient (Wildman–Crippen LogP) is 3.77. The first-order valence-electron chi connectivity index (χ1n) is 10.2. The van der Waals surface area contributed by atoms with Crippen LogP contribution in [0.25, 0.3) is 0 Å². The van der Waals surface area contributed by atoms with Crippen molar-refractivity contribution in [2.75, 3.05) is 27.4 Å². The number of carbonyl (C=O) groups is 2. The number of nitrogens with zero attached hydrogens (tertiary/aromatic N) is 1. The predicted molar refractivity (Wildman–Crippen MR) is 114 cm³/mol. The monoisotopic (exact) mass is 411 g/mol. The van der Waals surface area contributed by atoms with Crippen molar-refractivity contribution in [2.45, 2.75) is 39.2 Å². The van der Waals surface area contributed by atoms with Crippen LogP contribution in [0.15, 0.2) is 36.4 Å². The maximum atomic E-state index is 12.8. The van der Waals surface area contributed by atoms with Crippen molar-refractivity contribution < 1.29 is 23.8 Å². The molecular formula is C24H29NO5. The Morgan fingerprint density at radius 1 is 1.03 bits per heavy atom. The topological polar surface area (TPSA) is 65.1 Å². The average Bonchev–Trinajstić information content (AvgIpc) is 3.24. The first-order valence-corrected chi connectivity index (χ1v) is 10.2. The van der Waals surface area contributed by atoms with Gasteiger partial charge in [-0.2, -0.15) is 0 Å². The van der Waals surface area contributed by atoms with Gasteiger partial charge in [-0.25, -0.2) is 0 Å². The standard InChI is InChI=1S/C24H29NO5/c1-16-7-8-18(12-17(16)2)13-24(27)30-15-23(26)25-11-5-6-21(25)20-14-19(28-3)9-10-22(20)29-4/h7-10,12,14,21H,5-6,11,13,15H2,1-4H3/t21-/m0/s1. The number of esters is 1. The molecule has 30 heavy (non-hydrogen) atoms. The van der Waals surface area contributed by atoms with Crippen molar-refractivity contribution in [3.05, 3.63) is 58.7 Å². The third kappa shape index (κ3) is 4.93. The molecular weight excluding hydrogens is 382 g/mol. The van der Waals surface area contributed by atoms with E-state index in [1.54, 1.807) is 19.1 Å². The highest BCUT2D eigenvalue weighted by Crippen LogP contribution is 2.38. The average molecular weight is 411 g/mol. The Morgan fingerprint density at radius 3 is 2.53 bits per heavy atom. The van der Waals surface area contributed by atoms with Crippen molar-refractivity contribution in [1.29, 1.82) is 0 Å². The minimum Gasteiger partial charge on any atom is -0.497 e. The summed E-state index contributed by atoms with van der Waals surface area (Å²) in [6, 6.07) is 11.3. The zero-order chi connectivity index (χ0) is 21.7. The Bertz CT molecular complexity index is 924. The van der Waals surface area contributed by atoms with Gasteiger partial charge in [-0.15, -0.1) is 0 Å². The molecule has 160 valence electrons. The molecule has 0 radical (unpaired) electrons. The van der Waals surface area contributed by atoms with Gasteiger partial charge in [0, 0.05) is 12.1 Å². The maximum Gasteiger partial charge on any atom is 0.310 e. The van der Waals surface area contributed by atoms with Crippen LogP contribution >= 0.6 is 0 Å². The van der Waals surface area contributed by atoms with Crippen molar-refractivity contribution in [2.24, 2.45) is 0 Å². The Morgan fingerprint density at radius 2 is 1.83 bits per heavy atom. The zero-order valence-corrected chi connectivity index (χ0v) is 18.1. The number of methoxy groups -OCH3 is 2. The highest BCUT2D eigenvalue weighted by Gasteiger charge is 2.32. The lowest BCUT2D eigenvalue weighted by Crippen LogP contribution is -2.34. The number of ether oxygens (including phenoxy) is 3. The molecule has 0 aliphatic carbocycles. The van der Waals surface area contributed by atoms with E-state index in [0.29, 0.717) is 18.0 Å². The summed E-state index contributed by atoms with van der Waals surface area (Å²) >= 11 is 0. The van der Waals surface area contributed by atoms with E-state index in [2.05, 4.69) is 0 Å². The highest BCUT2D eigenvalue weighted by molar-refractivity contribution is 5.82. The van der Waals surface area contributed by atoms with Gasteiger partial charge >= 0.3 is 5.97 Å². The number of benzene rings is 2. The van der Waals surface area contributed by atoms with Crippen LogP contribution in [0, 0.1) is 13.8 Å². The van der Waals surface area contributed by atoms with Crippen LogP contribution in [0.1, 0.15) is 41.1 Å². The van der Waals surface area contributed by atoms with E-state index < -0.39 is 5.97 Å². The first kappa shape index (κ1) is 21.7. The largest absolute Gasteiger partial charge is 0.497 e. The van der Waals surface area contributed by atoms with Crippen molar-refractivity contribution in [3.8, 4) is 11.5 Å². The van der Waals surface area contributed by atoms with E-state index in [1.165, 1.54) is 5.56 Å². The number of carbonyl (C=O) groups excluding carboxylic acids is 2. The van der Waals surface area contributed by atoms with Gasteiger partial charge in [-0.1, -0.05) is 18.2 Å². The molecule has 0 bridgehead atoms. The molecule has 1 heterocycles. The molecule has 1 atom stereocenters. The Labute approximate surface area is 177 Å². The number of rotatable bonds is 7. The lowest BCUT2D eigenvalue weighted by atomic mass is 10.0. The lowest BCUT2D eigenvalue weighted by Gasteiger charge is -2.26. The zero-order valence-electron chi connectivity index (χ0n) is 18.1. The van der Waals surface area contributed by atoms with Gasteiger partial charge in [-0.3, -0.25) is 9.59 Å². The van der Waals surface area contributed by atoms with Gasteiger partial charge in [0.15, 0.2) is 6.61 Å². The lowest BCUT2D eigenvalue weighted by molar-refractivity contribution is -0.151. The number of aryl methyl sites for hydroxylation is 2. The Balaban J connectivity index is 1.63. The molecule has 0 aromatic heterocycles. The first-order chi connectivity index (χ1) is 14.4. The van der Waals surface area contributed by atoms with Gasteiger partial charge in [0.1, 0.15) is 11.5 Å². The number of likely N-dealkylation sites (tertiary alicyclic amines) is 1. The molecule has 0 unspecified atom stereocenters. The molecule has 0 spiro atoms. The SMILES string of the molecule is COc1ccc(OC)c([C@@H]2CCCN2C(=O)COC(=O)Cc2ccc(C)c(C)c2)c1. The molecule has 6 nitrogen and oxygen atoms in total. The van der Waals surface area contributed by atoms with E-state index in [0.717, 1.165) is 29.5 Å². The second kappa shape index (κ2) is 9.65. The van der Waals surface area contributed by atoms with Gasteiger partial charge in [0.25, 0.3) is 5.91 Å². The molecule has 0 N–H and O–H groups in total. The van der Waals surface area contributed by atoms with Gasteiger partial charge < -0.3 is 19.1 Å². The van der Waals surface area contributed by atoms with E-state index in [9.17, 15) is 9.59 Å². The summed E-state index contributed by atoms with van der Waals surface area (Å²) in [6.45, 7) is 4.40. The van der Waals surface area contributed by atoms with Crippen LogP contribution in [0.5, 0.6) is 11.5 Å². The fraction of sp³-hybridized carbons (Fsp3) is 0.417. The molecule has 1 aliphatic heterocycles. The fourth-order valence-corrected chi connectivity index (χ4v) is 3.84. The highest BCUT2D eigenvalue weighted by atomic mass is 16.5. The van der Waals surface area contributed by atoms with Crippen LogP contribution in [0.3, 0.4) is 0 Å². The number of hydrogen-bond acceptors (Lipinski definition) is 5. The minimum absolute atomic E-state index is 0.124. The molecule has 6 heteroatoms. The summed E-state index contributed by atoms with van der Waals surface area (Å²) in [7, 11) is 3.22. The molecule has 1 saturated heterocycles. The second-order valence-electron chi connectivity index (χ2n) is 7.61. The van der Waals surface area contributed by atoms with Crippen LogP contribution in [-0.2, 0) is 20.7 Å².